The molecule has 0 amide bonds. The summed E-state index contributed by atoms with van der Waals surface area (Å²) in [4.78, 5) is 37.8. The van der Waals surface area contributed by atoms with E-state index in [9.17, 15) is 18.8 Å². The Balaban J connectivity index is 2.53. The zero-order valence-electron chi connectivity index (χ0n) is 15.6. The Bertz CT molecular complexity index is 832. The number of ether oxygens (including phenoxy) is 2. The van der Waals surface area contributed by atoms with Crippen molar-refractivity contribution in [1.82, 2.24) is 0 Å². The lowest BCUT2D eigenvalue weighted by atomic mass is 9.74. The number of methoxy groups -OCH3 is 2. The fourth-order valence-corrected chi connectivity index (χ4v) is 3.26. The second kappa shape index (κ2) is 9.46. The van der Waals surface area contributed by atoms with Crippen LogP contribution in [0, 0.1) is 17.7 Å². The predicted octanol–water partition coefficient (Wildman–Crippen LogP) is 4.04. The molecule has 2 rings (SSSR count). The van der Waals surface area contributed by atoms with Crippen LogP contribution in [0.2, 0.25) is 5.02 Å². The maximum Gasteiger partial charge on any atom is 0.320 e. The Labute approximate surface area is 167 Å². The van der Waals surface area contributed by atoms with E-state index in [1.807, 2.05) is 0 Å². The van der Waals surface area contributed by atoms with Gasteiger partial charge in [-0.05, 0) is 42.0 Å². The smallest absolute Gasteiger partial charge is 0.320 e. The molecular weight excluding hydrogens is 387 g/mol. The highest BCUT2D eigenvalue weighted by atomic mass is 35.5. The van der Waals surface area contributed by atoms with E-state index in [0.717, 1.165) is 14.2 Å². The van der Waals surface area contributed by atoms with Gasteiger partial charge in [-0.1, -0.05) is 30.7 Å². The third kappa shape index (κ3) is 4.75. The molecule has 0 fully saturated rings. The molecule has 2 atom stereocenters. The van der Waals surface area contributed by atoms with Crippen LogP contribution in [0.3, 0.4) is 0 Å². The van der Waals surface area contributed by atoms with Gasteiger partial charge in [0, 0.05) is 22.4 Å². The van der Waals surface area contributed by atoms with Gasteiger partial charge in [-0.3, -0.25) is 14.4 Å². The standard InChI is InChI=1S/C21H20ClFO5/c1-12(19(24)14-6-10-16(23)11-7-14)17(13-4-8-15(22)9-5-13)18(20(25)27-2)21(26)28-3/h4-12,17-18H,1-3H3/t12-,17+/m1/s1. The third-order valence-corrected chi connectivity index (χ3v) is 4.86. The van der Waals surface area contributed by atoms with Gasteiger partial charge in [0.1, 0.15) is 5.82 Å². The topological polar surface area (TPSA) is 69.7 Å². The van der Waals surface area contributed by atoms with Crippen molar-refractivity contribution in [2.45, 2.75) is 12.8 Å². The van der Waals surface area contributed by atoms with E-state index in [2.05, 4.69) is 0 Å². The molecule has 2 aromatic carbocycles. The van der Waals surface area contributed by atoms with Crippen LogP contribution in [0.1, 0.15) is 28.8 Å². The monoisotopic (exact) mass is 406 g/mol. The lowest BCUT2D eigenvalue weighted by Crippen LogP contribution is -2.37. The second-order valence-electron chi connectivity index (χ2n) is 6.26. The summed E-state index contributed by atoms with van der Waals surface area (Å²) in [6, 6.07) is 11.6. The summed E-state index contributed by atoms with van der Waals surface area (Å²) in [5.41, 5.74) is 0.814. The summed E-state index contributed by atoms with van der Waals surface area (Å²) >= 11 is 5.94. The molecule has 0 aliphatic heterocycles. The van der Waals surface area contributed by atoms with Crippen molar-refractivity contribution >= 4 is 29.3 Å². The number of hydrogen-bond acceptors (Lipinski definition) is 5. The highest BCUT2D eigenvalue weighted by molar-refractivity contribution is 6.30. The van der Waals surface area contributed by atoms with Crippen molar-refractivity contribution in [1.29, 1.82) is 0 Å². The summed E-state index contributed by atoms with van der Waals surface area (Å²) in [7, 11) is 2.31. The van der Waals surface area contributed by atoms with Crippen LogP contribution in [0.4, 0.5) is 4.39 Å². The summed E-state index contributed by atoms with van der Waals surface area (Å²) in [6.45, 7) is 1.60. The fraction of sp³-hybridized carbons (Fsp3) is 0.286. The first-order chi connectivity index (χ1) is 13.3. The van der Waals surface area contributed by atoms with Crippen molar-refractivity contribution in [2.24, 2.45) is 11.8 Å². The second-order valence-corrected chi connectivity index (χ2v) is 6.70. The maximum absolute atomic E-state index is 13.2. The summed E-state index contributed by atoms with van der Waals surface area (Å²) in [5, 5.41) is 0.465. The van der Waals surface area contributed by atoms with Gasteiger partial charge in [-0.15, -0.1) is 0 Å². The molecule has 148 valence electrons. The minimum Gasteiger partial charge on any atom is -0.468 e. The van der Waals surface area contributed by atoms with Crippen molar-refractivity contribution in [3.05, 3.63) is 70.5 Å². The number of esters is 2. The summed E-state index contributed by atoms with van der Waals surface area (Å²) < 4.78 is 22.8. The molecule has 0 aliphatic carbocycles. The zero-order chi connectivity index (χ0) is 20.8. The zero-order valence-corrected chi connectivity index (χ0v) is 16.4. The molecule has 0 aromatic heterocycles. The largest absolute Gasteiger partial charge is 0.468 e. The molecule has 0 N–H and O–H groups in total. The van der Waals surface area contributed by atoms with Crippen LogP contribution in [-0.4, -0.2) is 31.9 Å². The molecule has 0 heterocycles. The molecule has 0 saturated carbocycles. The molecular formula is C21H20ClFO5. The minimum atomic E-state index is -1.35. The minimum absolute atomic E-state index is 0.265. The maximum atomic E-state index is 13.2. The van der Waals surface area contributed by atoms with Gasteiger partial charge >= 0.3 is 11.9 Å². The van der Waals surface area contributed by atoms with E-state index < -0.39 is 35.5 Å². The van der Waals surface area contributed by atoms with Crippen molar-refractivity contribution in [2.75, 3.05) is 14.2 Å². The number of carbonyl (C=O) groups is 3. The van der Waals surface area contributed by atoms with E-state index in [-0.39, 0.29) is 11.3 Å². The molecule has 0 saturated heterocycles. The van der Waals surface area contributed by atoms with Crippen molar-refractivity contribution < 1.29 is 28.2 Å². The van der Waals surface area contributed by atoms with Gasteiger partial charge in [0.25, 0.3) is 0 Å². The molecule has 0 radical (unpaired) electrons. The van der Waals surface area contributed by atoms with E-state index in [1.165, 1.54) is 24.3 Å². The van der Waals surface area contributed by atoms with Gasteiger partial charge < -0.3 is 9.47 Å². The molecule has 7 heteroatoms. The van der Waals surface area contributed by atoms with Crippen LogP contribution in [0.15, 0.2) is 48.5 Å². The first-order valence-electron chi connectivity index (χ1n) is 8.51. The number of hydrogen-bond donors (Lipinski definition) is 0. The number of benzene rings is 2. The van der Waals surface area contributed by atoms with E-state index in [0.29, 0.717) is 10.6 Å². The predicted molar refractivity (Wildman–Crippen MR) is 102 cm³/mol. The van der Waals surface area contributed by atoms with Gasteiger partial charge in [0.15, 0.2) is 11.7 Å². The average molecular weight is 407 g/mol. The van der Waals surface area contributed by atoms with Crippen LogP contribution in [0.25, 0.3) is 0 Å². The Morgan fingerprint density at radius 1 is 0.893 bits per heavy atom. The summed E-state index contributed by atoms with van der Waals surface area (Å²) in [6.07, 6.45) is 0. The number of Topliss-reactive ketones (excluding diaryl/α,β-unsaturated/α-hetero) is 1. The molecule has 0 aliphatic rings. The van der Waals surface area contributed by atoms with Crippen molar-refractivity contribution in [3.63, 3.8) is 0 Å². The molecule has 0 spiro atoms. The SMILES string of the molecule is COC(=O)C(C(=O)OC)[C@H](c1ccc(Cl)cc1)[C@@H](C)C(=O)c1ccc(F)cc1. The van der Waals surface area contributed by atoms with E-state index in [1.54, 1.807) is 31.2 Å². The molecule has 0 unspecified atom stereocenters. The first-order valence-corrected chi connectivity index (χ1v) is 8.88. The van der Waals surface area contributed by atoms with Crippen LogP contribution < -0.4 is 0 Å². The van der Waals surface area contributed by atoms with Crippen molar-refractivity contribution in [3.8, 4) is 0 Å². The Kier molecular flexibility index (Phi) is 7.29. The number of ketones is 1. The van der Waals surface area contributed by atoms with Gasteiger partial charge in [-0.25, -0.2) is 4.39 Å². The molecule has 0 bridgehead atoms. The molecule has 2 aromatic rings. The Morgan fingerprint density at radius 3 is 1.86 bits per heavy atom. The average Bonchev–Trinajstić information content (AvgIpc) is 2.71. The normalized spacial score (nSPS) is 12.9. The fourth-order valence-electron chi connectivity index (χ4n) is 3.14. The van der Waals surface area contributed by atoms with Crippen LogP contribution in [-0.2, 0) is 19.1 Å². The number of rotatable bonds is 7. The third-order valence-electron chi connectivity index (χ3n) is 4.61. The molecule has 5 nitrogen and oxygen atoms in total. The Morgan fingerprint density at radius 2 is 1.39 bits per heavy atom. The highest BCUT2D eigenvalue weighted by Gasteiger charge is 2.43. The number of halogens is 2. The lowest BCUT2D eigenvalue weighted by molar-refractivity contribution is -0.160. The van der Waals surface area contributed by atoms with Crippen LogP contribution >= 0.6 is 11.6 Å². The quantitative estimate of drug-likeness (QED) is 0.394. The Hall–Kier alpha value is -2.73. The van der Waals surface area contributed by atoms with E-state index in [4.69, 9.17) is 21.1 Å². The van der Waals surface area contributed by atoms with Gasteiger partial charge in [0.05, 0.1) is 14.2 Å². The van der Waals surface area contributed by atoms with Gasteiger partial charge in [-0.2, -0.15) is 0 Å². The number of carbonyl (C=O) groups excluding carboxylic acids is 3. The van der Waals surface area contributed by atoms with Gasteiger partial charge in [0.2, 0.25) is 0 Å². The lowest BCUT2D eigenvalue weighted by Gasteiger charge is -2.28. The first kappa shape index (κ1) is 21.6. The van der Waals surface area contributed by atoms with Crippen LogP contribution in [0.5, 0.6) is 0 Å². The molecule has 28 heavy (non-hydrogen) atoms. The highest BCUT2D eigenvalue weighted by Crippen LogP contribution is 2.36. The summed E-state index contributed by atoms with van der Waals surface area (Å²) in [5.74, 6) is -5.48. The van der Waals surface area contributed by atoms with E-state index >= 15 is 0 Å².